The van der Waals surface area contributed by atoms with E-state index in [1.807, 2.05) is 24.3 Å². The summed E-state index contributed by atoms with van der Waals surface area (Å²) in [5, 5.41) is 6.06. The minimum atomic E-state index is -0.565. The molecular formula is C18H27ClN2O2. The van der Waals surface area contributed by atoms with E-state index in [9.17, 15) is 9.59 Å². The summed E-state index contributed by atoms with van der Waals surface area (Å²) in [5.41, 5.74) is 1.07. The van der Waals surface area contributed by atoms with Crippen molar-refractivity contribution in [3.8, 4) is 0 Å². The summed E-state index contributed by atoms with van der Waals surface area (Å²) in [5.74, 6) is -0.666. The number of unbranched alkanes of at least 4 members (excludes halogenated alkanes) is 1. The zero-order valence-electron chi connectivity index (χ0n) is 14.0. The Morgan fingerprint density at radius 2 is 1.74 bits per heavy atom. The van der Waals surface area contributed by atoms with Crippen molar-refractivity contribution in [2.75, 3.05) is 13.1 Å². The van der Waals surface area contributed by atoms with Gasteiger partial charge < -0.3 is 10.6 Å². The van der Waals surface area contributed by atoms with Crippen LogP contribution in [0.4, 0.5) is 0 Å². The van der Waals surface area contributed by atoms with Crippen LogP contribution >= 0.6 is 11.6 Å². The molecule has 1 aromatic rings. The maximum Gasteiger partial charge on any atom is 0.309 e. The zero-order valence-corrected chi connectivity index (χ0v) is 14.8. The van der Waals surface area contributed by atoms with E-state index in [2.05, 4.69) is 24.5 Å². The van der Waals surface area contributed by atoms with Crippen molar-refractivity contribution in [1.29, 1.82) is 0 Å². The summed E-state index contributed by atoms with van der Waals surface area (Å²) in [4.78, 5) is 23.5. The van der Waals surface area contributed by atoms with Gasteiger partial charge in [-0.25, -0.2) is 0 Å². The van der Waals surface area contributed by atoms with E-state index in [-0.39, 0.29) is 0 Å². The van der Waals surface area contributed by atoms with Crippen LogP contribution in [-0.2, 0) is 16.0 Å². The highest BCUT2D eigenvalue weighted by Gasteiger charge is 2.14. The molecule has 0 bridgehead atoms. The molecule has 1 aromatic carbocycles. The van der Waals surface area contributed by atoms with Crippen molar-refractivity contribution >= 4 is 23.4 Å². The van der Waals surface area contributed by atoms with Crippen molar-refractivity contribution in [3.63, 3.8) is 0 Å². The lowest BCUT2D eigenvalue weighted by Crippen LogP contribution is -2.42. The predicted molar refractivity (Wildman–Crippen MR) is 94.5 cm³/mol. The van der Waals surface area contributed by atoms with Gasteiger partial charge in [0.2, 0.25) is 0 Å². The average Bonchev–Trinajstić information content (AvgIpc) is 2.56. The molecule has 0 aliphatic heterocycles. The molecule has 0 unspecified atom stereocenters. The van der Waals surface area contributed by atoms with Gasteiger partial charge in [0.05, 0.1) is 0 Å². The largest absolute Gasteiger partial charge is 0.348 e. The highest BCUT2D eigenvalue weighted by molar-refractivity contribution is 6.35. The Bertz CT molecular complexity index is 488. The third kappa shape index (κ3) is 8.03. The molecule has 5 heteroatoms. The third-order valence-corrected chi connectivity index (χ3v) is 4.17. The molecular weight excluding hydrogens is 312 g/mol. The maximum atomic E-state index is 11.8. The first-order chi connectivity index (χ1) is 11.1. The van der Waals surface area contributed by atoms with Crippen LogP contribution in [0.2, 0.25) is 5.02 Å². The summed E-state index contributed by atoms with van der Waals surface area (Å²) >= 11 is 5.82. The van der Waals surface area contributed by atoms with Crippen molar-refractivity contribution in [2.24, 2.45) is 5.92 Å². The number of carbonyl (C=O) groups excluding carboxylic acids is 2. The van der Waals surface area contributed by atoms with Gasteiger partial charge in [0.1, 0.15) is 0 Å². The monoisotopic (exact) mass is 338 g/mol. The van der Waals surface area contributed by atoms with Crippen LogP contribution in [0.15, 0.2) is 24.3 Å². The summed E-state index contributed by atoms with van der Waals surface area (Å²) in [6, 6.07) is 7.45. The predicted octanol–water partition coefficient (Wildman–Crippen LogP) is 3.33. The SMILES string of the molecule is CCCC[C@H](CC)CNC(=O)C(=O)NCCc1ccc(Cl)cc1. The van der Waals surface area contributed by atoms with Crippen LogP contribution in [0.5, 0.6) is 0 Å². The van der Waals surface area contributed by atoms with E-state index < -0.39 is 11.8 Å². The fourth-order valence-electron chi connectivity index (χ4n) is 2.31. The Hall–Kier alpha value is -1.55. The molecule has 2 N–H and O–H groups in total. The maximum absolute atomic E-state index is 11.8. The Balaban J connectivity index is 2.25. The van der Waals surface area contributed by atoms with Crippen LogP contribution in [0, 0.1) is 5.92 Å². The molecule has 0 saturated carbocycles. The number of benzene rings is 1. The van der Waals surface area contributed by atoms with Crippen molar-refractivity contribution in [2.45, 2.75) is 46.0 Å². The molecule has 1 atom stereocenters. The first-order valence-corrected chi connectivity index (χ1v) is 8.75. The Morgan fingerprint density at radius 3 is 2.35 bits per heavy atom. The molecule has 0 radical (unpaired) electrons. The van der Waals surface area contributed by atoms with Crippen molar-refractivity contribution in [3.05, 3.63) is 34.9 Å². The molecule has 23 heavy (non-hydrogen) atoms. The lowest BCUT2D eigenvalue weighted by molar-refractivity contribution is -0.139. The highest BCUT2D eigenvalue weighted by Crippen LogP contribution is 2.11. The number of amides is 2. The Morgan fingerprint density at radius 1 is 1.09 bits per heavy atom. The Kier molecular flexibility index (Phi) is 9.37. The van der Waals surface area contributed by atoms with Gasteiger partial charge in [0.25, 0.3) is 0 Å². The van der Waals surface area contributed by atoms with E-state index in [0.717, 1.165) is 31.2 Å². The van der Waals surface area contributed by atoms with Crippen LogP contribution in [0.3, 0.4) is 0 Å². The van der Waals surface area contributed by atoms with Crippen LogP contribution in [0.25, 0.3) is 0 Å². The van der Waals surface area contributed by atoms with Gasteiger partial charge in [-0.3, -0.25) is 9.59 Å². The van der Waals surface area contributed by atoms with E-state index in [1.54, 1.807) is 0 Å². The average molecular weight is 339 g/mol. The third-order valence-electron chi connectivity index (χ3n) is 3.91. The normalized spacial score (nSPS) is 11.8. The van der Waals surface area contributed by atoms with E-state index in [0.29, 0.717) is 30.5 Å². The second kappa shape index (κ2) is 11.1. The van der Waals surface area contributed by atoms with Gasteiger partial charge in [0, 0.05) is 18.1 Å². The number of carbonyl (C=O) groups is 2. The quantitative estimate of drug-likeness (QED) is 0.678. The molecule has 0 aliphatic carbocycles. The number of halogens is 1. The number of hydrogen-bond acceptors (Lipinski definition) is 2. The molecule has 0 spiro atoms. The lowest BCUT2D eigenvalue weighted by Gasteiger charge is -2.15. The van der Waals surface area contributed by atoms with Crippen LogP contribution in [0.1, 0.15) is 45.1 Å². The second-order valence-electron chi connectivity index (χ2n) is 5.76. The topological polar surface area (TPSA) is 58.2 Å². The minimum Gasteiger partial charge on any atom is -0.348 e. The highest BCUT2D eigenvalue weighted by atomic mass is 35.5. The van der Waals surface area contributed by atoms with Crippen LogP contribution in [-0.4, -0.2) is 24.9 Å². The summed E-state index contributed by atoms with van der Waals surface area (Å²) in [7, 11) is 0. The smallest absolute Gasteiger partial charge is 0.309 e. The van der Waals surface area contributed by atoms with Crippen molar-refractivity contribution in [1.82, 2.24) is 10.6 Å². The summed E-state index contributed by atoms with van der Waals surface area (Å²) < 4.78 is 0. The number of rotatable bonds is 9. The van der Waals surface area contributed by atoms with Gasteiger partial charge in [-0.2, -0.15) is 0 Å². The van der Waals surface area contributed by atoms with Crippen LogP contribution < -0.4 is 10.6 Å². The molecule has 0 aliphatic rings. The molecule has 128 valence electrons. The van der Waals surface area contributed by atoms with Gasteiger partial charge in [-0.15, -0.1) is 0 Å². The van der Waals surface area contributed by atoms with E-state index in [4.69, 9.17) is 11.6 Å². The molecule has 0 heterocycles. The number of nitrogens with one attached hydrogen (secondary N) is 2. The molecule has 0 saturated heterocycles. The second-order valence-corrected chi connectivity index (χ2v) is 6.20. The minimum absolute atomic E-state index is 0.431. The van der Waals surface area contributed by atoms with Gasteiger partial charge in [-0.05, 0) is 36.5 Å². The molecule has 1 rings (SSSR count). The molecule has 0 aromatic heterocycles. The fraction of sp³-hybridized carbons (Fsp3) is 0.556. The molecule has 4 nitrogen and oxygen atoms in total. The molecule has 2 amide bonds. The van der Waals surface area contributed by atoms with Gasteiger partial charge in [0.15, 0.2) is 0 Å². The van der Waals surface area contributed by atoms with E-state index in [1.165, 1.54) is 0 Å². The summed E-state index contributed by atoms with van der Waals surface area (Å²) in [6.07, 6.45) is 5.07. The first-order valence-electron chi connectivity index (χ1n) is 8.37. The molecule has 0 fully saturated rings. The van der Waals surface area contributed by atoms with Gasteiger partial charge in [-0.1, -0.05) is 56.8 Å². The Labute approximate surface area is 144 Å². The summed E-state index contributed by atoms with van der Waals surface area (Å²) in [6.45, 7) is 5.26. The standard InChI is InChI=1S/C18H27ClN2O2/c1-3-5-6-14(4-2)13-21-18(23)17(22)20-12-11-15-7-9-16(19)10-8-15/h7-10,14H,3-6,11-13H2,1-2H3,(H,20,22)(H,21,23)/t14-/m0/s1. The first kappa shape index (κ1) is 19.5. The van der Waals surface area contributed by atoms with Crippen molar-refractivity contribution < 1.29 is 9.59 Å². The number of hydrogen-bond donors (Lipinski definition) is 2. The fourth-order valence-corrected chi connectivity index (χ4v) is 2.44. The van der Waals surface area contributed by atoms with E-state index >= 15 is 0 Å². The zero-order chi connectivity index (χ0) is 17.1. The lowest BCUT2D eigenvalue weighted by atomic mass is 9.99. The van der Waals surface area contributed by atoms with Gasteiger partial charge >= 0.3 is 11.8 Å².